The second-order valence-electron chi connectivity index (χ2n) is 6.70. The lowest BCUT2D eigenvalue weighted by Crippen LogP contribution is -2.51. The van der Waals surface area contributed by atoms with Crippen LogP contribution >= 0.6 is 0 Å². The van der Waals surface area contributed by atoms with Crippen LogP contribution in [0.15, 0.2) is 54.9 Å². The van der Waals surface area contributed by atoms with E-state index in [1.807, 2.05) is 24.3 Å². The zero-order valence-electron chi connectivity index (χ0n) is 15.0. The molecule has 1 amide bonds. The van der Waals surface area contributed by atoms with Crippen LogP contribution in [0, 0.1) is 0 Å². The highest BCUT2D eigenvalue weighted by Crippen LogP contribution is 2.24. The first-order chi connectivity index (χ1) is 13.6. The third kappa shape index (κ3) is 3.29. The predicted octanol–water partition coefficient (Wildman–Crippen LogP) is 0.451. The van der Waals surface area contributed by atoms with Crippen molar-refractivity contribution in [3.8, 4) is 0 Å². The van der Waals surface area contributed by atoms with Gasteiger partial charge in [-0.3, -0.25) is 19.3 Å². The van der Waals surface area contributed by atoms with Crippen molar-refractivity contribution in [3.63, 3.8) is 0 Å². The number of pyridine rings is 1. The Labute approximate surface area is 161 Å². The van der Waals surface area contributed by atoms with E-state index in [1.165, 1.54) is 0 Å². The van der Waals surface area contributed by atoms with Gasteiger partial charge in [0.25, 0.3) is 5.91 Å². The number of fused-ring (bicyclic) bond motifs is 2. The van der Waals surface area contributed by atoms with Crippen LogP contribution in [0.1, 0.15) is 27.4 Å². The summed E-state index contributed by atoms with van der Waals surface area (Å²) in [4.78, 5) is 29.4. The topological polar surface area (TPSA) is 115 Å². The second-order valence-corrected chi connectivity index (χ2v) is 6.70. The van der Waals surface area contributed by atoms with Crippen molar-refractivity contribution in [2.45, 2.75) is 12.3 Å². The first-order valence-electron chi connectivity index (χ1n) is 8.91. The SMILES string of the molecule is NC[C@@H](C(=O)Cc1ccc2cnccc2c1)c1cccc2c1C(=O)NOB2O. The smallest absolute Gasteiger partial charge is 0.422 e. The first-order valence-corrected chi connectivity index (χ1v) is 8.91. The summed E-state index contributed by atoms with van der Waals surface area (Å²) in [7, 11) is -1.28. The number of ketones is 1. The maximum absolute atomic E-state index is 13.0. The summed E-state index contributed by atoms with van der Waals surface area (Å²) in [6.45, 7) is 0.0526. The van der Waals surface area contributed by atoms with Crippen molar-refractivity contribution in [1.82, 2.24) is 10.5 Å². The monoisotopic (exact) mass is 375 g/mol. The average molecular weight is 375 g/mol. The number of benzene rings is 2. The summed E-state index contributed by atoms with van der Waals surface area (Å²) in [6.07, 6.45) is 3.66. The van der Waals surface area contributed by atoms with Crippen molar-refractivity contribution >= 4 is 35.0 Å². The van der Waals surface area contributed by atoms with Gasteiger partial charge in [0.15, 0.2) is 0 Å². The molecule has 4 rings (SSSR count). The predicted molar refractivity (Wildman–Crippen MR) is 105 cm³/mol. The zero-order chi connectivity index (χ0) is 19.7. The summed E-state index contributed by atoms with van der Waals surface area (Å²) in [5.74, 6) is -1.27. The summed E-state index contributed by atoms with van der Waals surface area (Å²) in [5, 5.41) is 12.0. The molecule has 0 fully saturated rings. The van der Waals surface area contributed by atoms with Crippen molar-refractivity contribution in [3.05, 3.63) is 71.5 Å². The lowest BCUT2D eigenvalue weighted by atomic mass is 9.72. The molecule has 28 heavy (non-hydrogen) atoms. The van der Waals surface area contributed by atoms with Gasteiger partial charge in [-0.1, -0.05) is 36.4 Å². The van der Waals surface area contributed by atoms with Crippen LogP contribution in [0.5, 0.6) is 0 Å². The third-order valence-electron chi connectivity index (χ3n) is 4.97. The fraction of sp³-hybridized carbons (Fsp3) is 0.150. The Bertz CT molecular complexity index is 1070. The maximum atomic E-state index is 13.0. The van der Waals surface area contributed by atoms with Gasteiger partial charge < -0.3 is 10.8 Å². The molecule has 4 N–H and O–H groups in total. The van der Waals surface area contributed by atoms with Crippen molar-refractivity contribution < 1.29 is 19.4 Å². The van der Waals surface area contributed by atoms with Crippen LogP contribution < -0.4 is 16.7 Å². The van der Waals surface area contributed by atoms with Crippen LogP contribution in [-0.4, -0.2) is 35.4 Å². The van der Waals surface area contributed by atoms with Gasteiger partial charge in [0.2, 0.25) is 0 Å². The van der Waals surface area contributed by atoms with Gasteiger partial charge in [-0.15, -0.1) is 0 Å². The summed E-state index contributed by atoms with van der Waals surface area (Å²) >= 11 is 0. The molecule has 140 valence electrons. The van der Waals surface area contributed by atoms with E-state index in [-0.39, 0.29) is 24.3 Å². The second kappa shape index (κ2) is 7.51. The molecule has 0 saturated heterocycles. The first kappa shape index (κ1) is 18.3. The molecule has 0 spiro atoms. The van der Waals surface area contributed by atoms with E-state index in [0.717, 1.165) is 16.3 Å². The number of rotatable bonds is 5. The van der Waals surface area contributed by atoms with E-state index in [9.17, 15) is 14.6 Å². The number of hydrogen-bond acceptors (Lipinski definition) is 6. The van der Waals surface area contributed by atoms with E-state index in [4.69, 9.17) is 10.5 Å². The van der Waals surface area contributed by atoms with E-state index in [2.05, 4.69) is 10.5 Å². The minimum Gasteiger partial charge on any atom is -0.422 e. The van der Waals surface area contributed by atoms with Crippen molar-refractivity contribution in [1.29, 1.82) is 0 Å². The Morgan fingerprint density at radius 2 is 2.11 bits per heavy atom. The standard InChI is InChI=1S/C20H18BN3O4/c22-10-16(15-2-1-3-17-19(15)20(26)24-28-21(17)27)18(25)9-12-4-5-14-11-23-7-6-13(14)8-12/h1-8,11,16,27H,9-10,22H2,(H,24,26)/t16-/m1/s1. The van der Waals surface area contributed by atoms with Gasteiger partial charge in [-0.2, -0.15) is 0 Å². The van der Waals surface area contributed by atoms with Gasteiger partial charge in [0, 0.05) is 36.3 Å². The van der Waals surface area contributed by atoms with Crippen LogP contribution in [-0.2, 0) is 16.0 Å². The van der Waals surface area contributed by atoms with Gasteiger partial charge in [-0.05, 0) is 28.0 Å². The molecule has 1 atom stereocenters. The largest absolute Gasteiger partial charge is 0.515 e. The minimum absolute atomic E-state index is 0.0526. The van der Waals surface area contributed by atoms with Gasteiger partial charge in [0.1, 0.15) is 5.78 Å². The molecular formula is C20H18BN3O4. The maximum Gasteiger partial charge on any atom is 0.515 e. The van der Waals surface area contributed by atoms with E-state index >= 15 is 0 Å². The molecule has 2 aromatic carbocycles. The fourth-order valence-corrected chi connectivity index (χ4v) is 3.57. The number of carbonyl (C=O) groups excluding carboxylic acids is 2. The Balaban J connectivity index is 1.66. The minimum atomic E-state index is -1.28. The molecule has 1 aliphatic rings. The molecule has 0 bridgehead atoms. The normalized spacial score (nSPS) is 14.5. The number of hydrogen-bond donors (Lipinski definition) is 3. The molecule has 0 radical (unpaired) electrons. The molecule has 1 aromatic heterocycles. The van der Waals surface area contributed by atoms with E-state index in [1.54, 1.807) is 30.6 Å². The Morgan fingerprint density at radius 1 is 1.25 bits per heavy atom. The molecule has 3 aromatic rings. The fourth-order valence-electron chi connectivity index (χ4n) is 3.57. The van der Waals surface area contributed by atoms with E-state index in [0.29, 0.717) is 11.0 Å². The molecule has 0 aliphatic carbocycles. The van der Waals surface area contributed by atoms with Crippen LogP contribution in [0.3, 0.4) is 0 Å². The number of nitrogens with two attached hydrogens (primary N) is 1. The lowest BCUT2D eigenvalue weighted by Gasteiger charge is -2.24. The van der Waals surface area contributed by atoms with Gasteiger partial charge in [-0.25, -0.2) is 5.48 Å². The number of nitrogens with one attached hydrogen (secondary N) is 1. The van der Waals surface area contributed by atoms with Gasteiger partial charge >= 0.3 is 7.12 Å². The van der Waals surface area contributed by atoms with Crippen molar-refractivity contribution in [2.75, 3.05) is 6.54 Å². The number of Topliss-reactive ketones (excluding diaryl/α,β-unsaturated/α-hetero) is 1. The molecule has 7 nitrogen and oxygen atoms in total. The number of amides is 1. The Kier molecular flexibility index (Phi) is 4.91. The highest BCUT2D eigenvalue weighted by atomic mass is 16.7. The summed E-state index contributed by atoms with van der Waals surface area (Å²) < 4.78 is 4.82. The molecule has 8 heteroatoms. The third-order valence-corrected chi connectivity index (χ3v) is 4.97. The van der Waals surface area contributed by atoms with Gasteiger partial charge in [0.05, 0.1) is 5.92 Å². The Morgan fingerprint density at radius 3 is 2.93 bits per heavy atom. The zero-order valence-corrected chi connectivity index (χ0v) is 15.0. The molecule has 2 heterocycles. The Hall–Kier alpha value is -3.07. The molecule has 1 aliphatic heterocycles. The van der Waals surface area contributed by atoms with Crippen LogP contribution in [0.4, 0.5) is 0 Å². The van der Waals surface area contributed by atoms with Crippen LogP contribution in [0.2, 0.25) is 0 Å². The summed E-state index contributed by atoms with van der Waals surface area (Å²) in [5.41, 5.74) is 10.0. The molecule has 0 unspecified atom stereocenters. The quantitative estimate of drug-likeness (QED) is 0.558. The number of nitrogens with zero attached hydrogens (tertiary/aromatic N) is 1. The lowest BCUT2D eigenvalue weighted by molar-refractivity contribution is -0.119. The highest BCUT2D eigenvalue weighted by Gasteiger charge is 2.34. The molecule has 0 saturated carbocycles. The van der Waals surface area contributed by atoms with Crippen molar-refractivity contribution in [2.24, 2.45) is 5.73 Å². The number of hydroxylamine groups is 1. The van der Waals surface area contributed by atoms with Crippen LogP contribution in [0.25, 0.3) is 10.8 Å². The number of carbonyl (C=O) groups is 2. The van der Waals surface area contributed by atoms with E-state index < -0.39 is 18.9 Å². The highest BCUT2D eigenvalue weighted by molar-refractivity contribution is 6.62. The average Bonchev–Trinajstić information content (AvgIpc) is 2.71. The summed E-state index contributed by atoms with van der Waals surface area (Å²) in [6, 6.07) is 12.6. The molecular weight excluding hydrogens is 357 g/mol. The number of aromatic nitrogens is 1.